The minimum atomic E-state index is -3.06. The highest BCUT2D eigenvalue weighted by molar-refractivity contribution is 7.91. The van der Waals surface area contributed by atoms with Gasteiger partial charge in [-0.2, -0.15) is 5.10 Å². The molecule has 1 amide bonds. The molecule has 3 heterocycles. The number of sulfone groups is 1. The summed E-state index contributed by atoms with van der Waals surface area (Å²) in [6.07, 6.45) is 0.476. The van der Waals surface area contributed by atoms with E-state index in [0.29, 0.717) is 30.2 Å². The van der Waals surface area contributed by atoms with E-state index in [1.165, 1.54) is 0 Å². The molecule has 1 saturated heterocycles. The van der Waals surface area contributed by atoms with Crippen molar-refractivity contribution in [1.29, 1.82) is 0 Å². The molecule has 1 fully saturated rings. The highest BCUT2D eigenvalue weighted by Gasteiger charge is 2.35. The first-order valence-electron chi connectivity index (χ1n) is 8.83. The van der Waals surface area contributed by atoms with E-state index in [9.17, 15) is 13.2 Å². The van der Waals surface area contributed by atoms with Crippen LogP contribution in [0.5, 0.6) is 11.5 Å². The summed E-state index contributed by atoms with van der Waals surface area (Å²) >= 11 is 0. The van der Waals surface area contributed by atoms with Crippen LogP contribution in [0.4, 0.5) is 0 Å². The fourth-order valence-electron chi connectivity index (χ4n) is 3.63. The van der Waals surface area contributed by atoms with Gasteiger partial charge in [0.2, 0.25) is 6.79 Å². The van der Waals surface area contributed by atoms with Gasteiger partial charge in [0, 0.05) is 25.2 Å². The van der Waals surface area contributed by atoms with Gasteiger partial charge in [0.15, 0.2) is 27.0 Å². The zero-order valence-corrected chi connectivity index (χ0v) is 16.0. The number of aryl methyl sites for hydroxylation is 1. The van der Waals surface area contributed by atoms with Gasteiger partial charge in [0.25, 0.3) is 5.91 Å². The number of nitrogens with zero attached hydrogens (tertiary/aromatic N) is 3. The summed E-state index contributed by atoms with van der Waals surface area (Å²) in [4.78, 5) is 14.6. The number of carbonyl (C=O) groups is 1. The van der Waals surface area contributed by atoms with Crippen molar-refractivity contribution in [3.63, 3.8) is 0 Å². The van der Waals surface area contributed by atoms with Crippen molar-refractivity contribution in [2.75, 3.05) is 24.8 Å². The molecule has 2 aliphatic rings. The second-order valence-corrected chi connectivity index (χ2v) is 8.98. The van der Waals surface area contributed by atoms with Crippen LogP contribution >= 0.6 is 0 Å². The number of aromatic nitrogens is 2. The van der Waals surface area contributed by atoms with Crippen LogP contribution in [0.15, 0.2) is 24.3 Å². The van der Waals surface area contributed by atoms with E-state index < -0.39 is 9.84 Å². The second kappa shape index (κ2) is 6.56. The third kappa shape index (κ3) is 3.27. The molecule has 0 bridgehead atoms. The number of benzene rings is 1. The van der Waals surface area contributed by atoms with Gasteiger partial charge in [-0.25, -0.2) is 8.42 Å². The maximum absolute atomic E-state index is 13.0. The summed E-state index contributed by atoms with van der Waals surface area (Å²) in [5.74, 6) is 1.26. The Bertz CT molecular complexity index is 998. The number of fused-ring (bicyclic) bond motifs is 1. The van der Waals surface area contributed by atoms with E-state index in [-0.39, 0.29) is 30.2 Å². The van der Waals surface area contributed by atoms with Gasteiger partial charge >= 0.3 is 0 Å². The van der Waals surface area contributed by atoms with Crippen LogP contribution < -0.4 is 9.47 Å². The van der Waals surface area contributed by atoms with E-state index in [2.05, 4.69) is 5.10 Å². The predicted octanol–water partition coefficient (Wildman–Crippen LogP) is 1.47. The number of amides is 1. The number of rotatable bonds is 4. The van der Waals surface area contributed by atoms with Crippen LogP contribution in [0.25, 0.3) is 11.3 Å². The molecular formula is C18H21N3O5S. The van der Waals surface area contributed by atoms with Crippen molar-refractivity contribution in [3.05, 3.63) is 30.0 Å². The van der Waals surface area contributed by atoms with Crippen molar-refractivity contribution >= 4 is 15.7 Å². The molecule has 2 aliphatic heterocycles. The largest absolute Gasteiger partial charge is 0.454 e. The first-order chi connectivity index (χ1) is 12.9. The molecular weight excluding hydrogens is 370 g/mol. The quantitative estimate of drug-likeness (QED) is 0.784. The fraction of sp³-hybridized carbons (Fsp3) is 0.444. The molecule has 1 aromatic heterocycles. The minimum Gasteiger partial charge on any atom is -0.454 e. The second-order valence-electron chi connectivity index (χ2n) is 6.75. The Kier molecular flexibility index (Phi) is 4.33. The van der Waals surface area contributed by atoms with Gasteiger partial charge in [0.1, 0.15) is 0 Å². The summed E-state index contributed by atoms with van der Waals surface area (Å²) in [5.41, 5.74) is 1.93. The Morgan fingerprint density at radius 1 is 1.30 bits per heavy atom. The van der Waals surface area contributed by atoms with Gasteiger partial charge in [-0.05, 0) is 37.6 Å². The average molecular weight is 391 g/mol. The van der Waals surface area contributed by atoms with Crippen molar-refractivity contribution < 1.29 is 22.7 Å². The van der Waals surface area contributed by atoms with Gasteiger partial charge in [0.05, 0.1) is 17.2 Å². The third-order valence-corrected chi connectivity index (χ3v) is 6.77. The molecule has 1 aromatic carbocycles. The number of hydrogen-bond donors (Lipinski definition) is 0. The molecule has 1 unspecified atom stereocenters. The molecule has 0 aliphatic carbocycles. The summed E-state index contributed by atoms with van der Waals surface area (Å²) in [5, 5.41) is 4.36. The lowest BCUT2D eigenvalue weighted by atomic mass is 10.1. The topological polar surface area (TPSA) is 90.7 Å². The molecule has 0 saturated carbocycles. The van der Waals surface area contributed by atoms with Crippen LogP contribution in [0.3, 0.4) is 0 Å². The Morgan fingerprint density at radius 3 is 2.78 bits per heavy atom. The smallest absolute Gasteiger partial charge is 0.274 e. The Labute approximate surface area is 157 Å². The fourth-order valence-corrected chi connectivity index (χ4v) is 5.36. The van der Waals surface area contributed by atoms with Crippen LogP contribution in [0, 0.1) is 0 Å². The first-order valence-corrected chi connectivity index (χ1v) is 10.7. The molecule has 0 spiro atoms. The van der Waals surface area contributed by atoms with Gasteiger partial charge < -0.3 is 14.4 Å². The van der Waals surface area contributed by atoms with Gasteiger partial charge in [-0.1, -0.05) is 0 Å². The predicted molar refractivity (Wildman–Crippen MR) is 98.5 cm³/mol. The van der Waals surface area contributed by atoms with Crippen molar-refractivity contribution in [2.45, 2.75) is 19.4 Å². The number of hydrogen-bond acceptors (Lipinski definition) is 6. The molecule has 144 valence electrons. The minimum absolute atomic E-state index is 0.0223. The van der Waals surface area contributed by atoms with Crippen LogP contribution in [0.1, 0.15) is 23.8 Å². The normalized spacial score (nSPS) is 20.0. The monoisotopic (exact) mass is 391 g/mol. The molecule has 0 radical (unpaired) electrons. The summed E-state index contributed by atoms with van der Waals surface area (Å²) < 4.78 is 35.9. The van der Waals surface area contributed by atoms with Gasteiger partial charge in [-0.15, -0.1) is 0 Å². The van der Waals surface area contributed by atoms with E-state index in [1.807, 2.05) is 25.1 Å². The Hall–Kier alpha value is -2.55. The first kappa shape index (κ1) is 17.8. The van der Waals surface area contributed by atoms with E-state index in [4.69, 9.17) is 9.47 Å². The molecule has 8 nitrogen and oxygen atoms in total. The molecule has 1 atom stereocenters. The number of ether oxygens (including phenoxy) is 2. The molecule has 2 aromatic rings. The van der Waals surface area contributed by atoms with E-state index >= 15 is 0 Å². The van der Waals surface area contributed by atoms with Crippen LogP contribution in [0.2, 0.25) is 0 Å². The summed E-state index contributed by atoms with van der Waals surface area (Å²) in [6.45, 7) is 2.49. The van der Waals surface area contributed by atoms with Gasteiger partial charge in [-0.3, -0.25) is 9.48 Å². The van der Waals surface area contributed by atoms with Crippen molar-refractivity contribution in [3.8, 4) is 22.8 Å². The molecule has 27 heavy (non-hydrogen) atoms. The summed E-state index contributed by atoms with van der Waals surface area (Å²) in [7, 11) is -1.29. The summed E-state index contributed by atoms with van der Waals surface area (Å²) in [6, 6.07) is 7.01. The Morgan fingerprint density at radius 2 is 2.07 bits per heavy atom. The SMILES string of the molecule is CCN(C(=O)c1cc(-c2ccc3c(c2)OCO3)n(C)n1)C1CCS(=O)(=O)C1. The maximum atomic E-state index is 13.0. The highest BCUT2D eigenvalue weighted by atomic mass is 32.2. The van der Waals surface area contributed by atoms with Crippen molar-refractivity contribution in [1.82, 2.24) is 14.7 Å². The standard InChI is InChI=1S/C18H21N3O5S/c1-3-21(13-6-7-27(23,24)10-13)18(22)14-9-15(20(2)19-14)12-4-5-16-17(8-12)26-11-25-16/h4-5,8-9,13H,3,6-7,10-11H2,1-2H3. The highest BCUT2D eigenvalue weighted by Crippen LogP contribution is 2.36. The maximum Gasteiger partial charge on any atom is 0.274 e. The third-order valence-electron chi connectivity index (χ3n) is 5.02. The lowest BCUT2D eigenvalue weighted by molar-refractivity contribution is 0.0701. The Balaban J connectivity index is 1.61. The average Bonchev–Trinajstić information content (AvgIpc) is 3.33. The zero-order valence-electron chi connectivity index (χ0n) is 15.2. The lowest BCUT2D eigenvalue weighted by Crippen LogP contribution is -2.41. The van der Waals surface area contributed by atoms with Crippen LogP contribution in [-0.2, 0) is 16.9 Å². The number of carbonyl (C=O) groups excluding carboxylic acids is 1. The lowest BCUT2D eigenvalue weighted by Gasteiger charge is -2.25. The molecule has 0 N–H and O–H groups in total. The van der Waals surface area contributed by atoms with Crippen molar-refractivity contribution in [2.24, 2.45) is 7.05 Å². The van der Waals surface area contributed by atoms with E-state index in [1.54, 1.807) is 22.7 Å². The molecule has 9 heteroatoms. The molecule has 4 rings (SSSR count). The van der Waals surface area contributed by atoms with E-state index in [0.717, 1.165) is 11.3 Å². The van der Waals surface area contributed by atoms with Crippen LogP contribution in [-0.4, -0.2) is 59.9 Å². The zero-order chi connectivity index (χ0) is 19.2.